The lowest BCUT2D eigenvalue weighted by molar-refractivity contribution is -0.122. The summed E-state index contributed by atoms with van der Waals surface area (Å²) in [5.41, 5.74) is 2.09. The lowest BCUT2D eigenvalue weighted by Crippen LogP contribution is -2.44. The monoisotopic (exact) mass is 362 g/mol. The Morgan fingerprint density at radius 3 is 2.85 bits per heavy atom. The number of aliphatic hydroxyl groups excluding tert-OH is 1. The molecule has 0 aromatic carbocycles. The standard InChI is InChI=1S/C22H34O4/c1-14(13-23)6-5-7-15(2)16-10-11-22(3)18(16)12-17-19(24)8-9-20(25-4)21(17)26-22/h10,14-15,18,20,23H,5-9,11-13H2,1-4H3/t14-,15+,18+,20-,22-/m0/s1. The molecule has 0 aromatic rings. The van der Waals surface area contributed by atoms with Crippen molar-refractivity contribution in [2.24, 2.45) is 17.8 Å². The molecule has 2 aliphatic carbocycles. The Balaban J connectivity index is 1.72. The summed E-state index contributed by atoms with van der Waals surface area (Å²) in [4.78, 5) is 12.5. The maximum Gasteiger partial charge on any atom is 0.162 e. The molecule has 0 saturated carbocycles. The van der Waals surface area contributed by atoms with E-state index in [0.717, 1.165) is 49.9 Å². The number of methoxy groups -OCH3 is 1. The lowest BCUT2D eigenvalue weighted by Gasteiger charge is -2.44. The van der Waals surface area contributed by atoms with Crippen molar-refractivity contribution in [3.63, 3.8) is 0 Å². The Morgan fingerprint density at radius 2 is 2.15 bits per heavy atom. The van der Waals surface area contributed by atoms with Gasteiger partial charge in [-0.15, -0.1) is 0 Å². The number of rotatable bonds is 7. The van der Waals surface area contributed by atoms with Crippen LogP contribution in [0.25, 0.3) is 0 Å². The number of hydrogen-bond acceptors (Lipinski definition) is 4. The van der Waals surface area contributed by atoms with Crippen molar-refractivity contribution < 1.29 is 19.4 Å². The zero-order valence-electron chi connectivity index (χ0n) is 16.7. The SMILES string of the molecule is CO[C@H]1CCC(=O)C2=C1O[C@@]1(C)CC=C([C@H](C)CCC[C@H](C)CO)[C@H]1C2. The van der Waals surface area contributed by atoms with E-state index in [9.17, 15) is 9.90 Å². The zero-order valence-corrected chi connectivity index (χ0v) is 16.7. The molecule has 0 amide bonds. The van der Waals surface area contributed by atoms with Gasteiger partial charge in [0, 0.05) is 38.0 Å². The number of carbonyl (C=O) groups excluding carboxylic acids is 1. The smallest absolute Gasteiger partial charge is 0.162 e. The van der Waals surface area contributed by atoms with Crippen molar-refractivity contribution in [1.29, 1.82) is 0 Å². The minimum Gasteiger partial charge on any atom is -0.488 e. The van der Waals surface area contributed by atoms with E-state index in [1.165, 1.54) is 5.57 Å². The van der Waals surface area contributed by atoms with Crippen LogP contribution in [-0.4, -0.2) is 36.3 Å². The Bertz CT molecular complexity index is 605. The molecule has 1 N–H and O–H groups in total. The van der Waals surface area contributed by atoms with E-state index >= 15 is 0 Å². The van der Waals surface area contributed by atoms with E-state index in [-0.39, 0.29) is 24.1 Å². The summed E-state index contributed by atoms with van der Waals surface area (Å²) in [5, 5.41) is 9.20. The Kier molecular flexibility index (Phi) is 5.93. The van der Waals surface area contributed by atoms with Gasteiger partial charge in [0.1, 0.15) is 17.5 Å². The van der Waals surface area contributed by atoms with Gasteiger partial charge in [-0.1, -0.05) is 31.9 Å². The predicted molar refractivity (Wildman–Crippen MR) is 102 cm³/mol. The summed E-state index contributed by atoms with van der Waals surface area (Å²) in [7, 11) is 1.71. The number of aliphatic hydroxyl groups is 1. The van der Waals surface area contributed by atoms with Gasteiger partial charge in [0.05, 0.1) is 0 Å². The Morgan fingerprint density at radius 1 is 1.38 bits per heavy atom. The summed E-state index contributed by atoms with van der Waals surface area (Å²) in [6.07, 6.45) is 8.62. The van der Waals surface area contributed by atoms with Crippen LogP contribution in [0.1, 0.15) is 65.7 Å². The normalized spacial score (nSPS) is 33.3. The number of carbonyl (C=O) groups is 1. The number of hydrogen-bond donors (Lipinski definition) is 1. The molecule has 0 radical (unpaired) electrons. The third-order valence-electron chi connectivity index (χ3n) is 6.69. The molecule has 0 aromatic heterocycles. The highest BCUT2D eigenvalue weighted by Crippen LogP contribution is 2.52. The topological polar surface area (TPSA) is 55.8 Å². The van der Waals surface area contributed by atoms with Gasteiger partial charge in [0.15, 0.2) is 5.78 Å². The van der Waals surface area contributed by atoms with Crippen LogP contribution < -0.4 is 0 Å². The minimum atomic E-state index is -0.241. The first kappa shape index (κ1) is 19.6. The van der Waals surface area contributed by atoms with E-state index in [2.05, 4.69) is 26.8 Å². The van der Waals surface area contributed by atoms with Crippen LogP contribution in [0.5, 0.6) is 0 Å². The van der Waals surface area contributed by atoms with Gasteiger partial charge in [-0.3, -0.25) is 4.79 Å². The lowest BCUT2D eigenvalue weighted by atomic mass is 9.73. The van der Waals surface area contributed by atoms with Gasteiger partial charge < -0.3 is 14.6 Å². The molecule has 0 bridgehead atoms. The van der Waals surface area contributed by atoms with Crippen molar-refractivity contribution in [3.8, 4) is 0 Å². The molecule has 146 valence electrons. The third kappa shape index (κ3) is 3.63. The van der Waals surface area contributed by atoms with Gasteiger partial charge in [0.25, 0.3) is 0 Å². The molecule has 4 heteroatoms. The molecule has 4 nitrogen and oxygen atoms in total. The molecule has 1 aliphatic heterocycles. The van der Waals surface area contributed by atoms with Crippen LogP contribution in [-0.2, 0) is 14.3 Å². The molecule has 0 saturated heterocycles. The van der Waals surface area contributed by atoms with E-state index < -0.39 is 0 Å². The molecule has 0 fully saturated rings. The highest BCUT2D eigenvalue weighted by Gasteiger charge is 2.50. The van der Waals surface area contributed by atoms with Crippen molar-refractivity contribution in [2.45, 2.75) is 77.4 Å². The molecular formula is C22H34O4. The van der Waals surface area contributed by atoms with Gasteiger partial charge in [0.2, 0.25) is 0 Å². The fourth-order valence-electron chi connectivity index (χ4n) is 4.88. The van der Waals surface area contributed by atoms with Gasteiger partial charge in [-0.25, -0.2) is 0 Å². The second-order valence-corrected chi connectivity index (χ2v) is 8.73. The van der Waals surface area contributed by atoms with Crippen molar-refractivity contribution in [3.05, 3.63) is 23.0 Å². The first-order valence-corrected chi connectivity index (χ1v) is 10.2. The second kappa shape index (κ2) is 7.85. The minimum absolute atomic E-state index is 0.0677. The van der Waals surface area contributed by atoms with Crippen molar-refractivity contribution >= 4 is 5.78 Å². The predicted octanol–water partition coefficient (Wildman–Crippen LogP) is 4.18. The quantitative estimate of drug-likeness (QED) is 0.690. The molecule has 3 aliphatic rings. The molecule has 5 atom stereocenters. The van der Waals surface area contributed by atoms with Gasteiger partial charge in [-0.05, 0) is 44.4 Å². The molecular weight excluding hydrogens is 328 g/mol. The highest BCUT2D eigenvalue weighted by atomic mass is 16.5. The molecule has 1 heterocycles. The van der Waals surface area contributed by atoms with Gasteiger partial charge >= 0.3 is 0 Å². The molecule has 3 rings (SSSR count). The van der Waals surface area contributed by atoms with Crippen LogP contribution >= 0.6 is 0 Å². The number of ether oxygens (including phenoxy) is 2. The van der Waals surface area contributed by atoms with Crippen LogP contribution in [0.3, 0.4) is 0 Å². The largest absolute Gasteiger partial charge is 0.488 e. The van der Waals surface area contributed by atoms with Crippen LogP contribution in [0, 0.1) is 17.8 Å². The Labute approximate surface area is 157 Å². The van der Waals surface area contributed by atoms with Crippen LogP contribution in [0.4, 0.5) is 0 Å². The van der Waals surface area contributed by atoms with Crippen LogP contribution in [0.2, 0.25) is 0 Å². The second-order valence-electron chi connectivity index (χ2n) is 8.73. The average molecular weight is 363 g/mol. The highest BCUT2D eigenvalue weighted by molar-refractivity contribution is 5.97. The third-order valence-corrected chi connectivity index (χ3v) is 6.69. The summed E-state index contributed by atoms with van der Waals surface area (Å²) in [6.45, 7) is 6.86. The molecule has 0 unspecified atom stereocenters. The number of Topliss-reactive ketones (excluding diaryl/α,β-unsaturated/α-hetero) is 1. The summed E-state index contributed by atoms with van der Waals surface area (Å²) < 4.78 is 12.1. The van der Waals surface area contributed by atoms with Crippen LogP contribution in [0.15, 0.2) is 23.0 Å². The zero-order chi connectivity index (χ0) is 18.9. The van der Waals surface area contributed by atoms with E-state index in [1.807, 2.05) is 0 Å². The number of allylic oxidation sites excluding steroid dienone is 1. The fourth-order valence-corrected chi connectivity index (χ4v) is 4.88. The molecule has 26 heavy (non-hydrogen) atoms. The van der Waals surface area contributed by atoms with E-state index in [0.29, 0.717) is 24.2 Å². The summed E-state index contributed by atoms with van der Waals surface area (Å²) >= 11 is 0. The maximum absolute atomic E-state index is 12.5. The maximum atomic E-state index is 12.5. The van der Waals surface area contributed by atoms with Crippen molar-refractivity contribution in [2.75, 3.05) is 13.7 Å². The van der Waals surface area contributed by atoms with E-state index in [1.54, 1.807) is 7.11 Å². The molecule has 0 spiro atoms. The average Bonchev–Trinajstić information content (AvgIpc) is 2.96. The summed E-state index contributed by atoms with van der Waals surface area (Å²) in [5.74, 6) is 2.22. The number of fused-ring (bicyclic) bond motifs is 1. The summed E-state index contributed by atoms with van der Waals surface area (Å²) in [6, 6.07) is 0. The first-order valence-electron chi connectivity index (χ1n) is 10.2. The van der Waals surface area contributed by atoms with Gasteiger partial charge in [-0.2, -0.15) is 0 Å². The first-order chi connectivity index (χ1) is 12.4. The van der Waals surface area contributed by atoms with E-state index in [4.69, 9.17) is 9.47 Å². The number of ketones is 1. The van der Waals surface area contributed by atoms with Crippen molar-refractivity contribution in [1.82, 2.24) is 0 Å². The Hall–Kier alpha value is -1.13. The fraction of sp³-hybridized carbons (Fsp3) is 0.773.